The molecule has 4 heterocycles. The molecule has 0 radical (unpaired) electrons. The number of aryl methyl sites for hydroxylation is 1. The van der Waals surface area contributed by atoms with Crippen molar-refractivity contribution in [1.82, 2.24) is 35.1 Å². The minimum absolute atomic E-state index is 0.260. The molecule has 9 heteroatoms. The summed E-state index contributed by atoms with van der Waals surface area (Å²) in [6, 6.07) is 6.25. The van der Waals surface area contributed by atoms with Gasteiger partial charge in [0.15, 0.2) is 5.69 Å². The van der Waals surface area contributed by atoms with Gasteiger partial charge in [0.05, 0.1) is 29.6 Å². The van der Waals surface area contributed by atoms with Gasteiger partial charge in [0, 0.05) is 30.4 Å². The van der Waals surface area contributed by atoms with E-state index in [0.29, 0.717) is 17.4 Å². The van der Waals surface area contributed by atoms with Gasteiger partial charge in [0.1, 0.15) is 0 Å². The normalized spacial score (nSPS) is 15.1. The number of aromatic nitrogens is 6. The molecule has 3 aromatic heterocycles. The fraction of sp³-hybridized carbons (Fsp3) is 0.300. The zero-order valence-electron chi connectivity index (χ0n) is 16.1. The van der Waals surface area contributed by atoms with Crippen molar-refractivity contribution in [2.75, 3.05) is 18.4 Å². The summed E-state index contributed by atoms with van der Waals surface area (Å²) in [4.78, 5) is 12.9. The Labute approximate surface area is 167 Å². The number of nitrogens with one attached hydrogen (secondary N) is 3. The molecule has 5 rings (SSSR count). The zero-order chi connectivity index (χ0) is 19.8. The Bertz CT molecular complexity index is 1160. The van der Waals surface area contributed by atoms with Crippen LogP contribution in [-0.2, 0) is 7.05 Å². The Morgan fingerprint density at radius 2 is 2.00 bits per heavy atom. The third-order valence-corrected chi connectivity index (χ3v) is 5.36. The van der Waals surface area contributed by atoms with E-state index in [4.69, 9.17) is 0 Å². The predicted molar refractivity (Wildman–Crippen MR) is 110 cm³/mol. The summed E-state index contributed by atoms with van der Waals surface area (Å²) in [5.41, 5.74) is 3.83. The van der Waals surface area contributed by atoms with Crippen molar-refractivity contribution in [3.05, 3.63) is 48.7 Å². The van der Waals surface area contributed by atoms with E-state index >= 15 is 0 Å². The second-order valence-electron chi connectivity index (χ2n) is 7.38. The summed E-state index contributed by atoms with van der Waals surface area (Å²) in [6.45, 7) is 1.98. The number of anilines is 1. The van der Waals surface area contributed by atoms with Crippen molar-refractivity contribution < 1.29 is 4.79 Å². The Morgan fingerprint density at radius 1 is 1.14 bits per heavy atom. The van der Waals surface area contributed by atoms with Gasteiger partial charge in [-0.05, 0) is 43.6 Å². The average Bonchev–Trinajstić information content (AvgIpc) is 3.47. The van der Waals surface area contributed by atoms with Crippen molar-refractivity contribution in [2.24, 2.45) is 7.05 Å². The molecule has 1 aliphatic rings. The van der Waals surface area contributed by atoms with E-state index < -0.39 is 0 Å². The van der Waals surface area contributed by atoms with Crippen LogP contribution in [0.4, 0.5) is 5.69 Å². The van der Waals surface area contributed by atoms with Crippen LogP contribution < -0.4 is 10.6 Å². The van der Waals surface area contributed by atoms with Gasteiger partial charge in [-0.15, -0.1) is 0 Å². The first-order chi connectivity index (χ1) is 14.2. The quantitative estimate of drug-likeness (QED) is 0.496. The molecule has 0 saturated carbocycles. The van der Waals surface area contributed by atoms with E-state index in [9.17, 15) is 4.79 Å². The lowest BCUT2D eigenvalue weighted by atomic mass is 10.1. The molecule has 1 aliphatic heterocycles. The van der Waals surface area contributed by atoms with Gasteiger partial charge in [-0.25, -0.2) is 0 Å². The molecule has 0 spiro atoms. The fourth-order valence-electron chi connectivity index (χ4n) is 3.80. The number of aromatic amines is 1. The lowest BCUT2D eigenvalue weighted by molar-refractivity contribution is 0.102. The standard InChI is InChI=1S/C20H22N8O/c1-27-11-14(9-22-27)13-2-3-18-17(8-13)19(26-25-18)20(29)24-15-10-23-28(12-15)16-4-6-21-7-5-16/h2-3,8-12,16,21H,4-7H2,1H3,(H,24,29)(H,25,26). The van der Waals surface area contributed by atoms with Crippen LogP contribution in [0, 0.1) is 0 Å². The van der Waals surface area contributed by atoms with Crippen LogP contribution in [0.5, 0.6) is 0 Å². The third kappa shape index (κ3) is 3.40. The van der Waals surface area contributed by atoms with Gasteiger partial charge in [-0.2, -0.15) is 15.3 Å². The monoisotopic (exact) mass is 390 g/mol. The van der Waals surface area contributed by atoms with E-state index in [1.54, 1.807) is 17.1 Å². The molecule has 29 heavy (non-hydrogen) atoms. The maximum absolute atomic E-state index is 12.9. The number of carbonyl (C=O) groups is 1. The van der Waals surface area contributed by atoms with Crippen LogP contribution >= 0.6 is 0 Å². The molecule has 0 unspecified atom stereocenters. The molecule has 1 aromatic carbocycles. The molecule has 1 amide bonds. The SMILES string of the molecule is Cn1cc(-c2ccc3[nH]nc(C(=O)Nc4cnn(C5CCNCC5)c4)c3c2)cn1. The molecule has 1 saturated heterocycles. The largest absolute Gasteiger partial charge is 0.318 e. The summed E-state index contributed by atoms with van der Waals surface area (Å²) in [5, 5.41) is 22.9. The van der Waals surface area contributed by atoms with E-state index in [-0.39, 0.29) is 5.91 Å². The Kier molecular flexibility index (Phi) is 4.36. The molecular formula is C20H22N8O. The summed E-state index contributed by atoms with van der Waals surface area (Å²) in [5.74, 6) is -0.260. The number of hydrogen-bond donors (Lipinski definition) is 3. The minimum Gasteiger partial charge on any atom is -0.318 e. The highest BCUT2D eigenvalue weighted by atomic mass is 16.2. The maximum Gasteiger partial charge on any atom is 0.276 e. The van der Waals surface area contributed by atoms with E-state index in [0.717, 1.165) is 48.0 Å². The van der Waals surface area contributed by atoms with Crippen molar-refractivity contribution in [1.29, 1.82) is 0 Å². The van der Waals surface area contributed by atoms with Crippen LogP contribution in [0.3, 0.4) is 0 Å². The molecule has 148 valence electrons. The van der Waals surface area contributed by atoms with E-state index in [2.05, 4.69) is 31.0 Å². The van der Waals surface area contributed by atoms with Crippen molar-refractivity contribution >= 4 is 22.5 Å². The van der Waals surface area contributed by atoms with Crippen LogP contribution in [0.2, 0.25) is 0 Å². The Morgan fingerprint density at radius 3 is 2.79 bits per heavy atom. The highest BCUT2D eigenvalue weighted by Gasteiger charge is 2.19. The van der Waals surface area contributed by atoms with Crippen molar-refractivity contribution in [3.63, 3.8) is 0 Å². The second-order valence-corrected chi connectivity index (χ2v) is 7.38. The number of piperidine rings is 1. The highest BCUT2D eigenvalue weighted by molar-refractivity contribution is 6.11. The van der Waals surface area contributed by atoms with Crippen LogP contribution in [0.1, 0.15) is 29.4 Å². The number of H-pyrrole nitrogens is 1. The van der Waals surface area contributed by atoms with E-state index in [1.807, 2.05) is 42.3 Å². The van der Waals surface area contributed by atoms with Gasteiger partial charge in [-0.1, -0.05) is 6.07 Å². The summed E-state index contributed by atoms with van der Waals surface area (Å²) in [7, 11) is 1.88. The molecule has 9 nitrogen and oxygen atoms in total. The topological polar surface area (TPSA) is 105 Å². The molecule has 3 N–H and O–H groups in total. The number of benzene rings is 1. The van der Waals surface area contributed by atoms with Crippen LogP contribution in [0.25, 0.3) is 22.0 Å². The summed E-state index contributed by atoms with van der Waals surface area (Å²) >= 11 is 0. The number of nitrogens with zero attached hydrogens (tertiary/aromatic N) is 5. The summed E-state index contributed by atoms with van der Waals surface area (Å²) in [6.07, 6.45) is 9.40. The van der Waals surface area contributed by atoms with Gasteiger partial charge < -0.3 is 10.6 Å². The predicted octanol–water partition coefficient (Wildman–Crippen LogP) is 2.34. The van der Waals surface area contributed by atoms with Gasteiger partial charge in [-0.3, -0.25) is 19.3 Å². The maximum atomic E-state index is 12.9. The molecule has 1 fully saturated rings. The van der Waals surface area contributed by atoms with Crippen LogP contribution in [0.15, 0.2) is 43.0 Å². The molecule has 0 bridgehead atoms. The number of fused-ring (bicyclic) bond motifs is 1. The first-order valence-electron chi connectivity index (χ1n) is 9.71. The van der Waals surface area contributed by atoms with Gasteiger partial charge in [0.2, 0.25) is 0 Å². The van der Waals surface area contributed by atoms with Crippen molar-refractivity contribution in [3.8, 4) is 11.1 Å². The first-order valence-corrected chi connectivity index (χ1v) is 9.71. The Hall–Kier alpha value is -3.46. The molecular weight excluding hydrogens is 368 g/mol. The smallest absolute Gasteiger partial charge is 0.276 e. The fourth-order valence-corrected chi connectivity index (χ4v) is 3.80. The number of hydrogen-bond acceptors (Lipinski definition) is 5. The molecule has 0 aliphatic carbocycles. The van der Waals surface area contributed by atoms with Crippen LogP contribution in [-0.4, -0.2) is 48.8 Å². The zero-order valence-corrected chi connectivity index (χ0v) is 16.1. The minimum atomic E-state index is -0.260. The van der Waals surface area contributed by atoms with Gasteiger partial charge >= 0.3 is 0 Å². The number of carbonyl (C=O) groups excluding carboxylic acids is 1. The lowest BCUT2D eigenvalue weighted by Gasteiger charge is -2.22. The number of rotatable bonds is 4. The number of amides is 1. The molecule has 0 atom stereocenters. The third-order valence-electron chi connectivity index (χ3n) is 5.36. The molecule has 4 aromatic rings. The van der Waals surface area contributed by atoms with Crippen molar-refractivity contribution in [2.45, 2.75) is 18.9 Å². The summed E-state index contributed by atoms with van der Waals surface area (Å²) < 4.78 is 3.70. The average molecular weight is 390 g/mol. The van der Waals surface area contributed by atoms with Gasteiger partial charge in [0.25, 0.3) is 5.91 Å². The Balaban J connectivity index is 1.39. The lowest BCUT2D eigenvalue weighted by Crippen LogP contribution is -2.29. The second kappa shape index (κ2) is 7.17. The first kappa shape index (κ1) is 17.6. The highest BCUT2D eigenvalue weighted by Crippen LogP contribution is 2.26. The van der Waals surface area contributed by atoms with E-state index in [1.165, 1.54) is 0 Å².